The highest BCUT2D eigenvalue weighted by molar-refractivity contribution is 5.96. The SMILES string of the molecule is C#CC.C/C=C(\C=NC)CNCN1CCN(Cc2ccc(F)cc2)C(=O)/C1=C(O)/C(C=O)=C/CC. The molecule has 1 amide bonds. The highest BCUT2D eigenvalue weighted by Gasteiger charge is 2.32. The monoisotopic (exact) mass is 482 g/mol. The summed E-state index contributed by atoms with van der Waals surface area (Å²) < 4.78 is 13.2. The van der Waals surface area contributed by atoms with E-state index in [0.29, 0.717) is 39.0 Å². The lowest BCUT2D eigenvalue weighted by atomic mass is 10.1. The summed E-state index contributed by atoms with van der Waals surface area (Å²) in [4.78, 5) is 32.2. The van der Waals surface area contributed by atoms with Crippen LogP contribution in [0.25, 0.3) is 0 Å². The van der Waals surface area contributed by atoms with Crippen LogP contribution in [0.4, 0.5) is 4.39 Å². The number of benzene rings is 1. The van der Waals surface area contributed by atoms with Gasteiger partial charge in [-0.25, -0.2) is 4.39 Å². The first-order valence-electron chi connectivity index (χ1n) is 11.4. The first kappa shape index (κ1) is 29.3. The van der Waals surface area contributed by atoms with Gasteiger partial charge in [-0.1, -0.05) is 31.2 Å². The summed E-state index contributed by atoms with van der Waals surface area (Å²) >= 11 is 0. The third-order valence-electron chi connectivity index (χ3n) is 5.08. The Labute approximate surface area is 207 Å². The lowest BCUT2D eigenvalue weighted by molar-refractivity contribution is -0.132. The van der Waals surface area contributed by atoms with Gasteiger partial charge in [0.25, 0.3) is 5.91 Å². The number of carbonyl (C=O) groups is 2. The molecular formula is C27H35FN4O3. The molecule has 8 heteroatoms. The summed E-state index contributed by atoms with van der Waals surface area (Å²) in [6.07, 6.45) is 11.0. The number of piperazine rings is 1. The Kier molecular flexibility index (Phi) is 13.4. The highest BCUT2D eigenvalue weighted by atomic mass is 19.1. The Morgan fingerprint density at radius 2 is 1.91 bits per heavy atom. The first-order valence-corrected chi connectivity index (χ1v) is 11.4. The molecule has 188 valence electrons. The number of aliphatic hydroxyl groups excluding tert-OH is 1. The highest BCUT2D eigenvalue weighted by Crippen LogP contribution is 2.23. The second-order valence-corrected chi connectivity index (χ2v) is 7.62. The van der Waals surface area contributed by atoms with Gasteiger partial charge >= 0.3 is 0 Å². The number of aliphatic imine (C=N–C) groups is 1. The largest absolute Gasteiger partial charge is 0.505 e. The molecule has 0 saturated carbocycles. The van der Waals surface area contributed by atoms with Gasteiger partial charge in [0.05, 0.1) is 12.2 Å². The van der Waals surface area contributed by atoms with E-state index in [4.69, 9.17) is 0 Å². The van der Waals surface area contributed by atoms with Gasteiger partial charge in [0.1, 0.15) is 11.5 Å². The molecule has 0 radical (unpaired) electrons. The van der Waals surface area contributed by atoms with Crippen molar-refractivity contribution < 1.29 is 19.1 Å². The molecule has 35 heavy (non-hydrogen) atoms. The van der Waals surface area contributed by atoms with Crippen LogP contribution in [0.2, 0.25) is 0 Å². The average molecular weight is 483 g/mol. The van der Waals surface area contributed by atoms with E-state index in [1.54, 1.807) is 48.2 Å². The van der Waals surface area contributed by atoms with E-state index in [1.807, 2.05) is 19.9 Å². The number of halogens is 1. The maximum Gasteiger partial charge on any atom is 0.274 e. The zero-order valence-corrected chi connectivity index (χ0v) is 20.9. The molecule has 0 spiro atoms. The van der Waals surface area contributed by atoms with Crippen molar-refractivity contribution in [2.45, 2.75) is 33.7 Å². The van der Waals surface area contributed by atoms with Gasteiger partial charge in [-0.15, -0.1) is 12.3 Å². The van der Waals surface area contributed by atoms with Crippen LogP contribution in [0.3, 0.4) is 0 Å². The summed E-state index contributed by atoms with van der Waals surface area (Å²) in [5.74, 6) is 1.19. The number of amides is 1. The summed E-state index contributed by atoms with van der Waals surface area (Å²) in [6.45, 7) is 7.43. The van der Waals surface area contributed by atoms with Crippen LogP contribution >= 0.6 is 0 Å². The molecule has 1 fully saturated rings. The van der Waals surface area contributed by atoms with Crippen LogP contribution in [0, 0.1) is 18.2 Å². The minimum Gasteiger partial charge on any atom is -0.505 e. The van der Waals surface area contributed by atoms with Crippen LogP contribution < -0.4 is 5.32 Å². The molecule has 7 nitrogen and oxygen atoms in total. The molecule has 0 unspecified atom stereocenters. The topological polar surface area (TPSA) is 85.2 Å². The molecule has 0 aliphatic carbocycles. The quantitative estimate of drug-likeness (QED) is 0.175. The molecule has 2 rings (SSSR count). The van der Waals surface area contributed by atoms with Crippen molar-refractivity contribution in [3.8, 4) is 12.3 Å². The average Bonchev–Trinajstić information content (AvgIpc) is 2.85. The third kappa shape index (κ3) is 9.22. The molecule has 1 aliphatic heterocycles. The van der Waals surface area contributed by atoms with Crippen molar-refractivity contribution in [1.29, 1.82) is 0 Å². The molecule has 1 aliphatic rings. The smallest absolute Gasteiger partial charge is 0.274 e. The zero-order valence-electron chi connectivity index (χ0n) is 20.9. The number of nitrogens with one attached hydrogen (secondary N) is 1. The van der Waals surface area contributed by atoms with Crippen LogP contribution in [0.5, 0.6) is 0 Å². The van der Waals surface area contributed by atoms with Gasteiger partial charge in [0.2, 0.25) is 0 Å². The number of hydrogen-bond acceptors (Lipinski definition) is 6. The fourth-order valence-electron chi connectivity index (χ4n) is 3.39. The van der Waals surface area contributed by atoms with Crippen LogP contribution in [-0.2, 0) is 16.1 Å². The van der Waals surface area contributed by atoms with Crippen molar-refractivity contribution in [1.82, 2.24) is 15.1 Å². The maximum absolute atomic E-state index is 13.3. The van der Waals surface area contributed by atoms with Crippen molar-refractivity contribution in [3.05, 3.63) is 70.4 Å². The number of rotatable bonds is 10. The predicted octanol–water partition coefficient (Wildman–Crippen LogP) is 3.61. The fourth-order valence-corrected chi connectivity index (χ4v) is 3.39. The number of aldehydes is 1. The number of aliphatic hydroxyl groups is 1. The Morgan fingerprint density at radius 1 is 1.29 bits per heavy atom. The van der Waals surface area contributed by atoms with E-state index in [0.717, 1.165) is 11.1 Å². The van der Waals surface area contributed by atoms with Crippen LogP contribution in [0.1, 0.15) is 32.8 Å². The number of nitrogens with zero attached hydrogens (tertiary/aromatic N) is 3. The fraction of sp³-hybridized carbons (Fsp3) is 0.370. The number of carbonyl (C=O) groups excluding carboxylic acids is 2. The van der Waals surface area contributed by atoms with Gasteiger partial charge in [0, 0.05) is 39.4 Å². The van der Waals surface area contributed by atoms with E-state index >= 15 is 0 Å². The van der Waals surface area contributed by atoms with Gasteiger partial charge in [-0.05, 0) is 43.5 Å². The molecule has 1 aromatic carbocycles. The normalized spacial score (nSPS) is 16.1. The predicted molar refractivity (Wildman–Crippen MR) is 138 cm³/mol. The van der Waals surface area contributed by atoms with E-state index in [1.165, 1.54) is 12.1 Å². The lowest BCUT2D eigenvalue weighted by Gasteiger charge is -2.38. The zero-order chi connectivity index (χ0) is 26.2. The van der Waals surface area contributed by atoms with E-state index < -0.39 is 0 Å². The van der Waals surface area contributed by atoms with E-state index in [9.17, 15) is 19.1 Å². The van der Waals surface area contributed by atoms with Gasteiger partial charge in [-0.3, -0.25) is 19.9 Å². The third-order valence-corrected chi connectivity index (χ3v) is 5.08. The maximum atomic E-state index is 13.3. The number of allylic oxidation sites excluding steroid dienone is 3. The summed E-state index contributed by atoms with van der Waals surface area (Å²) in [7, 11) is 1.70. The van der Waals surface area contributed by atoms with Crippen molar-refractivity contribution in [2.24, 2.45) is 4.99 Å². The molecule has 0 aromatic heterocycles. The summed E-state index contributed by atoms with van der Waals surface area (Å²) in [5, 5.41) is 14.1. The van der Waals surface area contributed by atoms with Gasteiger partial charge in [0.15, 0.2) is 12.0 Å². The summed E-state index contributed by atoms with van der Waals surface area (Å²) in [6, 6.07) is 5.95. The molecule has 0 atom stereocenters. The Balaban J connectivity index is 0.00000194. The standard InChI is InChI=1S/C24H31FN4O3.C3H4/c1-4-6-20(16-30)23(31)22-24(32)28(15-19-7-9-21(25)10-8-19)11-12-29(22)17-27-14-18(5-2)13-26-3;1-3-2/h5-10,13,16,27,31H,4,11-12,14-15,17H2,1-3H3;1H,2H3/b18-5+,20-6+,23-22+,26-13?;. The van der Waals surface area contributed by atoms with Crippen molar-refractivity contribution >= 4 is 18.4 Å². The minimum atomic E-state index is -0.384. The lowest BCUT2D eigenvalue weighted by Crippen LogP contribution is -2.51. The second-order valence-electron chi connectivity index (χ2n) is 7.62. The van der Waals surface area contributed by atoms with Crippen LogP contribution in [-0.4, -0.2) is 66.7 Å². The van der Waals surface area contributed by atoms with E-state index in [-0.39, 0.29) is 35.3 Å². The van der Waals surface area contributed by atoms with Crippen LogP contribution in [0.15, 0.2) is 64.0 Å². The van der Waals surface area contributed by atoms with Crippen molar-refractivity contribution in [2.75, 3.05) is 33.4 Å². The van der Waals surface area contributed by atoms with E-state index in [2.05, 4.69) is 22.7 Å². The molecule has 2 N–H and O–H groups in total. The molecule has 0 bridgehead atoms. The second kappa shape index (κ2) is 16.0. The number of terminal acetylenes is 1. The Bertz CT molecular complexity index is 1000. The summed E-state index contributed by atoms with van der Waals surface area (Å²) in [5.41, 5.74) is 1.92. The molecule has 1 heterocycles. The van der Waals surface area contributed by atoms with Crippen molar-refractivity contribution in [3.63, 3.8) is 0 Å². The number of hydrogen-bond donors (Lipinski definition) is 2. The molecule has 1 aromatic rings. The van der Waals surface area contributed by atoms with Gasteiger partial charge in [-0.2, -0.15) is 0 Å². The van der Waals surface area contributed by atoms with Gasteiger partial charge < -0.3 is 14.9 Å². The molecular weight excluding hydrogens is 447 g/mol. The minimum absolute atomic E-state index is 0.0730. The molecule has 1 saturated heterocycles. The Morgan fingerprint density at radius 3 is 2.46 bits per heavy atom. The first-order chi connectivity index (χ1) is 16.9. The Hall–Kier alpha value is -3.70.